The number of hydrogen-bond acceptors (Lipinski definition) is 4. The number of benzene rings is 8. The molecule has 2 atom stereocenters. The number of para-hydroxylation sites is 4. The minimum absolute atomic E-state index is 0.0368. The highest BCUT2D eigenvalue weighted by molar-refractivity contribution is 6.07. The van der Waals surface area contributed by atoms with Gasteiger partial charge in [0.15, 0.2) is 0 Å². The zero-order chi connectivity index (χ0) is 38.1. The number of allylic oxidation sites excluding steroid dienone is 2. The smallest absolute Gasteiger partial charge is 0.148 e. The van der Waals surface area contributed by atoms with Crippen molar-refractivity contribution >= 4 is 44.9 Å². The predicted octanol–water partition coefficient (Wildman–Crippen LogP) is 14.1. The lowest BCUT2D eigenvalue weighted by Gasteiger charge is -2.30. The Kier molecular flexibility index (Phi) is 8.85. The average Bonchev–Trinajstić information content (AvgIpc) is 3.67. The maximum atomic E-state index is 6.79. The first-order valence-electron chi connectivity index (χ1n) is 19.5. The molecule has 0 saturated heterocycles. The summed E-state index contributed by atoms with van der Waals surface area (Å²) in [5, 5.41) is 2.29. The number of anilines is 6. The molecule has 1 aliphatic carbocycles. The van der Waals surface area contributed by atoms with Gasteiger partial charge in [-0.2, -0.15) is 0 Å². The van der Waals surface area contributed by atoms with E-state index in [0.717, 1.165) is 78.6 Å². The molecule has 2 unspecified atom stereocenters. The van der Waals surface area contributed by atoms with Crippen LogP contribution in [0.4, 0.5) is 34.1 Å². The number of fused-ring (bicyclic) bond motifs is 4. The molecule has 0 aromatic heterocycles. The summed E-state index contributed by atoms with van der Waals surface area (Å²) in [6.07, 6.45) is 8.56. The van der Waals surface area contributed by atoms with Gasteiger partial charge in [-0.3, -0.25) is 0 Å². The molecule has 8 aromatic rings. The van der Waals surface area contributed by atoms with Crippen molar-refractivity contribution < 1.29 is 9.47 Å². The highest BCUT2D eigenvalue weighted by atomic mass is 16.5. The van der Waals surface area contributed by atoms with Crippen LogP contribution in [0.25, 0.3) is 33.0 Å². The highest BCUT2D eigenvalue weighted by Crippen LogP contribution is 2.52. The Hall–Kier alpha value is -7.30. The lowest BCUT2D eigenvalue weighted by atomic mass is 9.91. The Balaban J connectivity index is 1.14. The number of rotatable bonds is 9. The number of ether oxygens (including phenoxy) is 2. The van der Waals surface area contributed by atoms with E-state index in [0.29, 0.717) is 0 Å². The molecule has 0 amide bonds. The first-order chi connectivity index (χ1) is 28.3. The summed E-state index contributed by atoms with van der Waals surface area (Å²) < 4.78 is 13.1. The van der Waals surface area contributed by atoms with Crippen LogP contribution in [-0.4, -0.2) is 13.2 Å². The van der Waals surface area contributed by atoms with Gasteiger partial charge in [0.05, 0.1) is 29.9 Å². The molecule has 10 rings (SSSR count). The topological polar surface area (TPSA) is 24.9 Å². The van der Waals surface area contributed by atoms with Crippen molar-refractivity contribution in [1.82, 2.24) is 0 Å². The van der Waals surface area contributed by atoms with Crippen LogP contribution in [0.15, 0.2) is 212 Å². The molecule has 0 bridgehead atoms. The van der Waals surface area contributed by atoms with Gasteiger partial charge in [-0.05, 0) is 77.2 Å². The van der Waals surface area contributed by atoms with Crippen LogP contribution in [-0.2, 0) is 0 Å². The van der Waals surface area contributed by atoms with E-state index in [9.17, 15) is 0 Å². The van der Waals surface area contributed by atoms with Crippen molar-refractivity contribution in [3.8, 4) is 33.8 Å². The summed E-state index contributed by atoms with van der Waals surface area (Å²) in [6, 6.07) is 66.5. The quantitative estimate of drug-likeness (QED) is 0.147. The molecule has 274 valence electrons. The van der Waals surface area contributed by atoms with E-state index < -0.39 is 0 Å². The van der Waals surface area contributed by atoms with Gasteiger partial charge < -0.3 is 19.3 Å². The molecule has 0 N–H and O–H groups in total. The lowest BCUT2D eigenvalue weighted by molar-refractivity contribution is 0.269. The Labute approximate surface area is 333 Å². The minimum Gasteiger partial charge on any atom is -0.496 e. The average molecular weight is 737 g/mol. The van der Waals surface area contributed by atoms with Gasteiger partial charge in [0.1, 0.15) is 17.6 Å². The first kappa shape index (κ1) is 34.2. The van der Waals surface area contributed by atoms with Crippen LogP contribution in [0.3, 0.4) is 0 Å². The van der Waals surface area contributed by atoms with Crippen molar-refractivity contribution in [3.63, 3.8) is 0 Å². The molecule has 0 saturated carbocycles. The van der Waals surface area contributed by atoms with Gasteiger partial charge in [0, 0.05) is 45.4 Å². The molecule has 1 heterocycles. The second kappa shape index (κ2) is 14.7. The fourth-order valence-electron chi connectivity index (χ4n) is 8.50. The fourth-order valence-corrected chi connectivity index (χ4v) is 8.50. The van der Waals surface area contributed by atoms with Crippen LogP contribution >= 0.6 is 0 Å². The molecule has 57 heavy (non-hydrogen) atoms. The Morgan fingerprint density at radius 3 is 1.84 bits per heavy atom. The molecule has 0 radical (unpaired) electrons. The van der Waals surface area contributed by atoms with Crippen molar-refractivity contribution in [2.45, 2.75) is 12.0 Å². The van der Waals surface area contributed by atoms with Crippen molar-refractivity contribution in [3.05, 3.63) is 218 Å². The van der Waals surface area contributed by atoms with Crippen molar-refractivity contribution in [2.75, 3.05) is 16.9 Å². The fraction of sp³-hybridized carbons (Fsp3) is 0.0566. The van der Waals surface area contributed by atoms with E-state index in [2.05, 4.69) is 222 Å². The van der Waals surface area contributed by atoms with Crippen LogP contribution in [0.1, 0.15) is 11.5 Å². The molecular weight excluding hydrogens is 697 g/mol. The van der Waals surface area contributed by atoms with E-state index in [1.54, 1.807) is 7.11 Å². The van der Waals surface area contributed by atoms with Crippen molar-refractivity contribution in [1.29, 1.82) is 0 Å². The molecule has 4 nitrogen and oxygen atoms in total. The van der Waals surface area contributed by atoms with Crippen LogP contribution in [0.5, 0.6) is 11.5 Å². The molecular formula is C53H40N2O2. The normalized spacial score (nSPS) is 15.1. The molecule has 2 aliphatic rings. The standard InChI is InChI=1S/C53H40N2O2/c1-56-52-36-40(32-33-46(52)43-34-35-49(44-26-12-11-25-42(43)44)54(38-20-7-3-8-21-38)39-22-9-4-10-23-39)55(48-29-15-13-24-41(48)37-18-5-2-6-19-37)50-30-17-28-47-45-27-14-16-31-51(45)57-53(47)50/h2-36,45,51H,1H3. The number of nitrogens with zero attached hydrogens (tertiary/aromatic N) is 2. The van der Waals surface area contributed by atoms with Crippen LogP contribution in [0.2, 0.25) is 0 Å². The van der Waals surface area contributed by atoms with E-state index in [1.165, 1.54) is 5.56 Å². The largest absolute Gasteiger partial charge is 0.496 e. The summed E-state index contributed by atoms with van der Waals surface area (Å²) in [5.41, 5.74) is 11.9. The molecule has 0 fully saturated rings. The van der Waals surface area contributed by atoms with Gasteiger partial charge in [-0.25, -0.2) is 0 Å². The maximum Gasteiger partial charge on any atom is 0.148 e. The minimum atomic E-state index is -0.0368. The summed E-state index contributed by atoms with van der Waals surface area (Å²) in [7, 11) is 1.76. The van der Waals surface area contributed by atoms with Crippen LogP contribution in [0, 0.1) is 0 Å². The Morgan fingerprint density at radius 1 is 0.456 bits per heavy atom. The first-order valence-corrected chi connectivity index (χ1v) is 19.5. The Morgan fingerprint density at radius 2 is 1.09 bits per heavy atom. The second-order valence-corrected chi connectivity index (χ2v) is 14.4. The summed E-state index contributed by atoms with van der Waals surface area (Å²) in [4.78, 5) is 4.66. The van der Waals surface area contributed by atoms with Crippen LogP contribution < -0.4 is 19.3 Å². The molecule has 8 aromatic carbocycles. The number of hydrogen-bond donors (Lipinski definition) is 0. The van der Waals surface area contributed by atoms with E-state index in [1.807, 2.05) is 0 Å². The third-order valence-corrected chi connectivity index (χ3v) is 11.1. The van der Waals surface area contributed by atoms with E-state index in [4.69, 9.17) is 9.47 Å². The van der Waals surface area contributed by atoms with E-state index >= 15 is 0 Å². The second-order valence-electron chi connectivity index (χ2n) is 14.4. The van der Waals surface area contributed by atoms with Gasteiger partial charge >= 0.3 is 0 Å². The monoisotopic (exact) mass is 736 g/mol. The summed E-state index contributed by atoms with van der Waals surface area (Å²) in [5.74, 6) is 1.85. The zero-order valence-electron chi connectivity index (χ0n) is 31.6. The maximum absolute atomic E-state index is 6.79. The predicted molar refractivity (Wildman–Crippen MR) is 236 cm³/mol. The van der Waals surface area contributed by atoms with Gasteiger partial charge in [-0.1, -0.05) is 146 Å². The molecule has 0 spiro atoms. The third kappa shape index (κ3) is 6.12. The highest BCUT2D eigenvalue weighted by Gasteiger charge is 2.35. The summed E-state index contributed by atoms with van der Waals surface area (Å²) in [6.45, 7) is 0. The summed E-state index contributed by atoms with van der Waals surface area (Å²) >= 11 is 0. The van der Waals surface area contributed by atoms with Gasteiger partial charge in [0.2, 0.25) is 0 Å². The number of methoxy groups -OCH3 is 1. The SMILES string of the molecule is COc1cc(N(c2ccccc2-c2ccccc2)c2cccc3c2OC2C=CC=CC32)ccc1-c1ccc(N(c2ccccc2)c2ccccc2)c2ccccc12. The van der Waals surface area contributed by atoms with Crippen molar-refractivity contribution in [2.24, 2.45) is 0 Å². The van der Waals surface area contributed by atoms with E-state index in [-0.39, 0.29) is 12.0 Å². The Bertz CT molecular complexity index is 2740. The molecule has 4 heteroatoms. The lowest BCUT2D eigenvalue weighted by Crippen LogP contribution is -2.16. The van der Waals surface area contributed by atoms with Gasteiger partial charge in [0.25, 0.3) is 0 Å². The molecule has 1 aliphatic heterocycles. The van der Waals surface area contributed by atoms with Gasteiger partial charge in [-0.15, -0.1) is 0 Å². The third-order valence-electron chi connectivity index (χ3n) is 11.1. The zero-order valence-corrected chi connectivity index (χ0v) is 31.6.